The number of thiocarbonyl (C=S) groups is 1. The smallest absolute Gasteiger partial charge is 0.257 e. The van der Waals surface area contributed by atoms with Crippen molar-refractivity contribution in [3.05, 3.63) is 42.0 Å². The molecule has 2 aromatic rings. The van der Waals surface area contributed by atoms with Crippen LogP contribution < -0.4 is 29.6 Å². The molecule has 1 saturated heterocycles. The molecule has 31 heavy (non-hydrogen) atoms. The van der Waals surface area contributed by atoms with Crippen LogP contribution in [-0.4, -0.2) is 51.7 Å². The van der Waals surface area contributed by atoms with Gasteiger partial charge in [-0.05, 0) is 49.3 Å². The first-order valence-electron chi connectivity index (χ1n) is 9.81. The van der Waals surface area contributed by atoms with Gasteiger partial charge in [-0.15, -0.1) is 0 Å². The Morgan fingerprint density at radius 1 is 1.13 bits per heavy atom. The summed E-state index contributed by atoms with van der Waals surface area (Å²) >= 11 is 5.29. The minimum absolute atomic E-state index is 0.135. The normalized spacial score (nSPS) is 15.1. The molecular formula is C22H26N2O6S. The fourth-order valence-electron chi connectivity index (χ4n) is 3.18. The Kier molecular flexibility index (Phi) is 7.91. The number of nitrogens with one attached hydrogen (secondary N) is 2. The van der Waals surface area contributed by atoms with E-state index in [1.807, 2.05) is 24.3 Å². The summed E-state index contributed by atoms with van der Waals surface area (Å²) in [6.07, 6.45) is 2.21. The predicted molar refractivity (Wildman–Crippen MR) is 121 cm³/mol. The van der Waals surface area contributed by atoms with Crippen LogP contribution in [0.3, 0.4) is 0 Å². The molecule has 1 aliphatic heterocycles. The first kappa shape index (κ1) is 22.6. The third kappa shape index (κ3) is 5.99. The summed E-state index contributed by atoms with van der Waals surface area (Å²) in [5, 5.41) is 5.79. The van der Waals surface area contributed by atoms with E-state index in [2.05, 4.69) is 10.6 Å². The summed E-state index contributed by atoms with van der Waals surface area (Å²) in [6, 6.07) is 10.5. The van der Waals surface area contributed by atoms with Gasteiger partial charge in [-0.1, -0.05) is 6.07 Å². The van der Waals surface area contributed by atoms with Gasteiger partial charge in [0.05, 0.1) is 27.4 Å². The van der Waals surface area contributed by atoms with Crippen molar-refractivity contribution in [2.75, 3.05) is 39.9 Å². The number of ether oxygens (including phenoxy) is 5. The summed E-state index contributed by atoms with van der Waals surface area (Å²) in [6.45, 7) is 1.29. The highest BCUT2D eigenvalue weighted by molar-refractivity contribution is 7.80. The summed E-state index contributed by atoms with van der Waals surface area (Å²) in [5.74, 6) is 1.44. The zero-order valence-electron chi connectivity index (χ0n) is 17.7. The Balaban J connectivity index is 1.61. The highest BCUT2D eigenvalue weighted by Crippen LogP contribution is 2.38. The van der Waals surface area contributed by atoms with Crippen LogP contribution in [0.25, 0.3) is 0 Å². The summed E-state index contributed by atoms with van der Waals surface area (Å²) < 4.78 is 27.2. The van der Waals surface area contributed by atoms with E-state index in [1.54, 1.807) is 12.1 Å². The molecule has 9 heteroatoms. The molecule has 2 N–H and O–H groups in total. The van der Waals surface area contributed by atoms with Crippen LogP contribution in [-0.2, 0) is 4.74 Å². The van der Waals surface area contributed by atoms with Gasteiger partial charge in [-0.3, -0.25) is 10.1 Å². The van der Waals surface area contributed by atoms with Crippen LogP contribution in [0.1, 0.15) is 23.2 Å². The molecule has 2 aromatic carbocycles. The quantitative estimate of drug-likeness (QED) is 0.597. The van der Waals surface area contributed by atoms with E-state index in [-0.39, 0.29) is 11.2 Å². The molecule has 0 aromatic heterocycles. The summed E-state index contributed by atoms with van der Waals surface area (Å²) in [5.41, 5.74) is 1.01. The maximum Gasteiger partial charge on any atom is 0.257 e. The number of anilines is 1. The van der Waals surface area contributed by atoms with Gasteiger partial charge in [0.1, 0.15) is 12.4 Å². The van der Waals surface area contributed by atoms with E-state index in [0.717, 1.165) is 19.4 Å². The number of hydrogen-bond acceptors (Lipinski definition) is 7. The molecule has 1 unspecified atom stereocenters. The highest BCUT2D eigenvalue weighted by atomic mass is 32.1. The van der Waals surface area contributed by atoms with Gasteiger partial charge >= 0.3 is 0 Å². The molecule has 0 bridgehead atoms. The number of carbonyl (C=O) groups excluding carboxylic acids is 1. The zero-order valence-corrected chi connectivity index (χ0v) is 18.5. The number of amides is 1. The maximum atomic E-state index is 12.7. The maximum absolute atomic E-state index is 12.7. The Morgan fingerprint density at radius 3 is 2.48 bits per heavy atom. The van der Waals surface area contributed by atoms with E-state index in [0.29, 0.717) is 40.9 Å². The first-order chi connectivity index (χ1) is 15.0. The van der Waals surface area contributed by atoms with Crippen LogP contribution in [0.15, 0.2) is 36.4 Å². The third-order valence-electron chi connectivity index (χ3n) is 4.71. The van der Waals surface area contributed by atoms with Crippen LogP contribution in [0.2, 0.25) is 0 Å². The van der Waals surface area contributed by atoms with Crippen molar-refractivity contribution < 1.29 is 28.5 Å². The van der Waals surface area contributed by atoms with Crippen LogP contribution in [0.5, 0.6) is 23.0 Å². The van der Waals surface area contributed by atoms with E-state index < -0.39 is 5.91 Å². The summed E-state index contributed by atoms with van der Waals surface area (Å²) in [7, 11) is 4.47. The van der Waals surface area contributed by atoms with Crippen LogP contribution >= 0.6 is 12.2 Å². The number of methoxy groups -OCH3 is 3. The van der Waals surface area contributed by atoms with Gasteiger partial charge in [-0.2, -0.15) is 0 Å². The number of benzene rings is 2. The van der Waals surface area contributed by atoms with Gasteiger partial charge in [0.25, 0.3) is 5.91 Å². The van der Waals surface area contributed by atoms with Gasteiger partial charge in [-0.25, -0.2) is 0 Å². The third-order valence-corrected chi connectivity index (χ3v) is 4.91. The molecule has 1 amide bonds. The van der Waals surface area contributed by atoms with Gasteiger partial charge in [0, 0.05) is 23.9 Å². The van der Waals surface area contributed by atoms with Gasteiger partial charge in [0.15, 0.2) is 16.6 Å². The molecule has 0 spiro atoms. The van der Waals surface area contributed by atoms with E-state index in [9.17, 15) is 4.79 Å². The highest BCUT2D eigenvalue weighted by Gasteiger charge is 2.18. The van der Waals surface area contributed by atoms with E-state index >= 15 is 0 Å². The van der Waals surface area contributed by atoms with Crippen molar-refractivity contribution >= 4 is 28.9 Å². The average Bonchev–Trinajstić information content (AvgIpc) is 3.30. The molecule has 1 aliphatic rings. The second-order valence-electron chi connectivity index (χ2n) is 6.80. The molecule has 1 atom stereocenters. The Hall–Kier alpha value is -3.04. The number of hydrogen-bond donors (Lipinski definition) is 2. The zero-order chi connectivity index (χ0) is 22.2. The van der Waals surface area contributed by atoms with Crippen molar-refractivity contribution in [1.29, 1.82) is 0 Å². The fourth-order valence-corrected chi connectivity index (χ4v) is 3.39. The SMILES string of the molecule is COc1cc(C(=O)NC(=S)Nc2cccc(OCC3CCCO3)c2)cc(OC)c1OC. The molecule has 0 aliphatic carbocycles. The lowest BCUT2D eigenvalue weighted by Crippen LogP contribution is -2.34. The Morgan fingerprint density at radius 2 is 1.87 bits per heavy atom. The molecule has 3 rings (SSSR count). The van der Waals surface area contributed by atoms with Crippen LogP contribution in [0.4, 0.5) is 5.69 Å². The topological polar surface area (TPSA) is 87.3 Å². The fraction of sp³-hybridized carbons (Fsp3) is 0.364. The molecule has 0 radical (unpaired) electrons. The van der Waals surface area contributed by atoms with Crippen LogP contribution in [0, 0.1) is 0 Å². The van der Waals surface area contributed by atoms with Crippen molar-refractivity contribution in [1.82, 2.24) is 5.32 Å². The lowest BCUT2D eigenvalue weighted by Gasteiger charge is -2.15. The Labute approximate surface area is 186 Å². The molecule has 166 valence electrons. The largest absolute Gasteiger partial charge is 0.493 e. The Bertz CT molecular complexity index is 905. The molecular weight excluding hydrogens is 420 g/mol. The molecule has 8 nitrogen and oxygen atoms in total. The molecule has 1 fully saturated rings. The molecule has 1 heterocycles. The van der Waals surface area contributed by atoms with E-state index in [4.69, 9.17) is 35.9 Å². The van der Waals surface area contributed by atoms with Crippen molar-refractivity contribution in [3.63, 3.8) is 0 Å². The molecule has 0 saturated carbocycles. The van der Waals surface area contributed by atoms with Crippen molar-refractivity contribution in [2.24, 2.45) is 0 Å². The number of carbonyl (C=O) groups is 1. The lowest BCUT2D eigenvalue weighted by atomic mass is 10.1. The summed E-state index contributed by atoms with van der Waals surface area (Å²) in [4.78, 5) is 12.7. The number of rotatable bonds is 8. The standard InChI is InChI=1S/C22H26N2O6S/c1-26-18-10-14(11-19(27-2)20(18)28-3)21(25)24-22(31)23-15-6-4-7-16(12-15)30-13-17-8-5-9-29-17/h4,6-7,10-12,17H,5,8-9,13H2,1-3H3,(H2,23,24,25,31). The minimum Gasteiger partial charge on any atom is -0.493 e. The second-order valence-corrected chi connectivity index (χ2v) is 7.20. The first-order valence-corrected chi connectivity index (χ1v) is 10.2. The van der Waals surface area contributed by atoms with Gasteiger partial charge < -0.3 is 29.0 Å². The monoisotopic (exact) mass is 446 g/mol. The average molecular weight is 447 g/mol. The lowest BCUT2D eigenvalue weighted by molar-refractivity contribution is 0.0680. The minimum atomic E-state index is -0.414. The predicted octanol–water partition coefficient (Wildman–Crippen LogP) is 3.40. The second kappa shape index (κ2) is 10.8. The van der Waals surface area contributed by atoms with Crippen molar-refractivity contribution in [2.45, 2.75) is 18.9 Å². The van der Waals surface area contributed by atoms with Gasteiger partial charge in [0.2, 0.25) is 5.75 Å². The van der Waals surface area contributed by atoms with Crippen molar-refractivity contribution in [3.8, 4) is 23.0 Å². The van der Waals surface area contributed by atoms with E-state index in [1.165, 1.54) is 21.3 Å².